The maximum atomic E-state index is 11.7. The number of nitrogens with two attached hydrogens (primary N) is 1. The minimum absolute atomic E-state index is 0.145. The van der Waals surface area contributed by atoms with Crippen molar-refractivity contribution in [1.29, 1.82) is 0 Å². The van der Waals surface area contributed by atoms with Crippen molar-refractivity contribution in [2.75, 3.05) is 26.0 Å². The van der Waals surface area contributed by atoms with Crippen LogP contribution in [0.4, 0.5) is 5.69 Å². The molecule has 1 heterocycles. The lowest BCUT2D eigenvalue weighted by Gasteiger charge is -2.13. The molecular weight excluding hydrogens is 238 g/mol. The number of hydrogen-bond donors (Lipinski definition) is 4. The van der Waals surface area contributed by atoms with E-state index in [4.69, 9.17) is 10.5 Å². The predicted molar refractivity (Wildman–Crippen MR) is 64.8 cm³/mol. The zero-order chi connectivity index (χ0) is 13.5. The molecule has 5 N–H and O–H groups in total. The van der Waals surface area contributed by atoms with E-state index in [1.807, 2.05) is 0 Å². The fraction of sp³-hybridized carbons (Fsp3) is 0.500. The Hall–Kier alpha value is -2.09. The zero-order valence-corrected chi connectivity index (χ0v) is 10.3. The number of amides is 2. The summed E-state index contributed by atoms with van der Waals surface area (Å²) in [5.74, 6) is -0.766. The molecule has 100 valence electrons. The van der Waals surface area contributed by atoms with Gasteiger partial charge in [-0.15, -0.1) is 0 Å². The van der Waals surface area contributed by atoms with Gasteiger partial charge in [-0.05, 0) is 6.92 Å². The Morgan fingerprint density at radius 2 is 2.33 bits per heavy atom. The first-order chi connectivity index (χ1) is 8.56. The molecule has 0 fully saturated rings. The van der Waals surface area contributed by atoms with E-state index in [9.17, 15) is 9.59 Å². The Kier molecular flexibility index (Phi) is 5.12. The molecule has 1 unspecified atom stereocenters. The first-order valence-corrected chi connectivity index (χ1v) is 5.42. The van der Waals surface area contributed by atoms with Crippen LogP contribution >= 0.6 is 0 Å². The number of aromatic nitrogens is 2. The summed E-state index contributed by atoms with van der Waals surface area (Å²) in [6.07, 6.45) is 1.33. The molecule has 8 nitrogen and oxygen atoms in total. The molecule has 1 rings (SSSR count). The molecule has 0 spiro atoms. The Bertz CT molecular complexity index is 417. The largest absolute Gasteiger partial charge is 0.396 e. The van der Waals surface area contributed by atoms with Crippen molar-refractivity contribution in [2.45, 2.75) is 13.0 Å². The van der Waals surface area contributed by atoms with Gasteiger partial charge in [0, 0.05) is 13.7 Å². The number of anilines is 1. The summed E-state index contributed by atoms with van der Waals surface area (Å²) in [6.45, 7) is 2.38. The van der Waals surface area contributed by atoms with Gasteiger partial charge in [0.25, 0.3) is 5.91 Å². The molecule has 18 heavy (non-hydrogen) atoms. The number of carbonyl (C=O) groups excluding carboxylic acids is 2. The molecule has 0 saturated carbocycles. The summed E-state index contributed by atoms with van der Waals surface area (Å²) in [5, 5.41) is 11.2. The van der Waals surface area contributed by atoms with Crippen LogP contribution in [0.2, 0.25) is 0 Å². The van der Waals surface area contributed by atoms with E-state index < -0.39 is 11.9 Å². The normalized spacial score (nSPS) is 11.9. The molecule has 1 aromatic rings. The van der Waals surface area contributed by atoms with E-state index in [-0.39, 0.29) is 17.3 Å². The number of methoxy groups -OCH3 is 1. The lowest BCUT2D eigenvalue weighted by Crippen LogP contribution is -2.45. The molecule has 0 bridgehead atoms. The van der Waals surface area contributed by atoms with Crippen LogP contribution in [-0.2, 0) is 9.53 Å². The van der Waals surface area contributed by atoms with E-state index in [1.54, 1.807) is 14.0 Å². The van der Waals surface area contributed by atoms with Crippen LogP contribution in [0.5, 0.6) is 0 Å². The minimum Gasteiger partial charge on any atom is -0.396 e. The first kappa shape index (κ1) is 14.0. The smallest absolute Gasteiger partial charge is 0.272 e. The van der Waals surface area contributed by atoms with Gasteiger partial charge in [-0.1, -0.05) is 0 Å². The van der Waals surface area contributed by atoms with Gasteiger partial charge >= 0.3 is 0 Å². The lowest BCUT2D eigenvalue weighted by molar-refractivity contribution is -0.122. The van der Waals surface area contributed by atoms with Crippen LogP contribution in [-0.4, -0.2) is 48.3 Å². The predicted octanol–water partition coefficient (Wildman–Crippen LogP) is -1.13. The van der Waals surface area contributed by atoms with E-state index in [2.05, 4.69) is 20.8 Å². The highest BCUT2D eigenvalue weighted by Crippen LogP contribution is 2.05. The lowest BCUT2D eigenvalue weighted by atomic mass is 10.2. The van der Waals surface area contributed by atoms with E-state index in [1.165, 1.54) is 6.20 Å². The molecule has 8 heteroatoms. The summed E-state index contributed by atoms with van der Waals surface area (Å²) in [5.41, 5.74) is 5.90. The number of nitrogen functional groups attached to an aromatic ring is 1. The first-order valence-electron chi connectivity index (χ1n) is 5.42. The van der Waals surface area contributed by atoms with Gasteiger partial charge < -0.3 is 21.1 Å². The minimum atomic E-state index is -0.669. The van der Waals surface area contributed by atoms with Crippen LogP contribution < -0.4 is 16.4 Å². The molecule has 0 saturated heterocycles. The van der Waals surface area contributed by atoms with Crippen molar-refractivity contribution >= 4 is 17.5 Å². The van der Waals surface area contributed by atoms with Crippen molar-refractivity contribution in [3.8, 4) is 0 Å². The average molecular weight is 255 g/mol. The van der Waals surface area contributed by atoms with Crippen LogP contribution in [0.15, 0.2) is 6.20 Å². The Morgan fingerprint density at radius 1 is 1.61 bits per heavy atom. The molecule has 0 aromatic carbocycles. The number of carbonyl (C=O) groups is 2. The van der Waals surface area contributed by atoms with Gasteiger partial charge in [-0.25, -0.2) is 0 Å². The maximum Gasteiger partial charge on any atom is 0.272 e. The number of hydrogen-bond acceptors (Lipinski definition) is 5. The topological polar surface area (TPSA) is 122 Å². The Labute approximate surface area is 104 Å². The van der Waals surface area contributed by atoms with Gasteiger partial charge in [0.05, 0.1) is 18.5 Å². The quantitative estimate of drug-likeness (QED) is 0.479. The summed E-state index contributed by atoms with van der Waals surface area (Å²) in [6, 6.07) is -0.669. The van der Waals surface area contributed by atoms with Crippen molar-refractivity contribution in [2.24, 2.45) is 0 Å². The third-order valence-electron chi connectivity index (χ3n) is 2.24. The van der Waals surface area contributed by atoms with E-state index >= 15 is 0 Å². The van der Waals surface area contributed by atoms with Gasteiger partial charge in [0.2, 0.25) is 5.91 Å². The van der Waals surface area contributed by atoms with Crippen LogP contribution in [0, 0.1) is 0 Å². The molecule has 2 amide bonds. The highest BCUT2D eigenvalue weighted by atomic mass is 16.5. The van der Waals surface area contributed by atoms with Crippen LogP contribution in [0.25, 0.3) is 0 Å². The Balaban J connectivity index is 2.44. The average Bonchev–Trinajstić information content (AvgIpc) is 2.75. The van der Waals surface area contributed by atoms with Crippen molar-refractivity contribution in [3.63, 3.8) is 0 Å². The number of aromatic amines is 1. The number of nitrogens with one attached hydrogen (secondary N) is 3. The number of nitrogens with zero attached hydrogens (tertiary/aromatic N) is 1. The van der Waals surface area contributed by atoms with Gasteiger partial charge in [0.15, 0.2) is 0 Å². The fourth-order valence-corrected chi connectivity index (χ4v) is 1.24. The Morgan fingerprint density at radius 3 is 2.89 bits per heavy atom. The fourth-order valence-electron chi connectivity index (χ4n) is 1.24. The second kappa shape index (κ2) is 6.60. The molecule has 1 atom stereocenters. The second-order valence-corrected chi connectivity index (χ2v) is 3.68. The van der Waals surface area contributed by atoms with E-state index in [0.717, 1.165) is 0 Å². The highest BCUT2D eigenvalue weighted by molar-refractivity contribution is 5.99. The third-order valence-corrected chi connectivity index (χ3v) is 2.24. The zero-order valence-electron chi connectivity index (χ0n) is 10.3. The summed E-state index contributed by atoms with van der Waals surface area (Å²) in [7, 11) is 1.54. The van der Waals surface area contributed by atoms with Gasteiger partial charge in [-0.2, -0.15) is 5.10 Å². The second-order valence-electron chi connectivity index (χ2n) is 3.68. The van der Waals surface area contributed by atoms with Gasteiger partial charge in [-0.3, -0.25) is 14.7 Å². The molecule has 1 aromatic heterocycles. The van der Waals surface area contributed by atoms with Crippen LogP contribution in [0.1, 0.15) is 17.4 Å². The van der Waals surface area contributed by atoms with Crippen LogP contribution in [0.3, 0.4) is 0 Å². The molecule has 0 aliphatic heterocycles. The summed E-state index contributed by atoms with van der Waals surface area (Å²) < 4.78 is 4.80. The summed E-state index contributed by atoms with van der Waals surface area (Å²) in [4.78, 5) is 23.3. The summed E-state index contributed by atoms with van der Waals surface area (Å²) >= 11 is 0. The third kappa shape index (κ3) is 3.74. The maximum absolute atomic E-state index is 11.7. The number of H-pyrrole nitrogens is 1. The van der Waals surface area contributed by atoms with Crippen molar-refractivity contribution in [1.82, 2.24) is 20.8 Å². The number of ether oxygens (including phenoxy) is 1. The highest BCUT2D eigenvalue weighted by Gasteiger charge is 2.18. The molecule has 0 aliphatic carbocycles. The van der Waals surface area contributed by atoms with Gasteiger partial charge in [0.1, 0.15) is 11.7 Å². The van der Waals surface area contributed by atoms with Crippen molar-refractivity contribution < 1.29 is 14.3 Å². The molecule has 0 radical (unpaired) electrons. The molecular formula is C10H17N5O3. The standard InChI is InChI=1S/C10H17N5O3/c1-6(9(16)12-3-4-18-2)14-10(17)8-7(11)5-13-15-8/h5-6H,3-4,11H2,1-2H3,(H,12,16)(H,13,15)(H,14,17). The molecule has 0 aliphatic rings. The monoisotopic (exact) mass is 255 g/mol. The van der Waals surface area contributed by atoms with E-state index in [0.29, 0.717) is 13.2 Å². The van der Waals surface area contributed by atoms with Crippen molar-refractivity contribution in [3.05, 3.63) is 11.9 Å². The SMILES string of the molecule is COCCNC(=O)C(C)NC(=O)c1[nH]ncc1N. The number of rotatable bonds is 6.